The Bertz CT molecular complexity index is 183. The Hall–Kier alpha value is -0.610. The van der Waals surface area contributed by atoms with Gasteiger partial charge >= 0.3 is 5.97 Å². The van der Waals surface area contributed by atoms with Crippen LogP contribution in [0.1, 0.15) is 72.1 Å². The minimum absolute atomic E-state index is 0.597. The zero-order chi connectivity index (χ0) is 15.6. The summed E-state index contributed by atoms with van der Waals surface area (Å²) >= 11 is 0. The van der Waals surface area contributed by atoms with Gasteiger partial charge in [-0.15, -0.1) is 0 Å². The molecule has 4 heteroatoms. The Morgan fingerprint density at radius 2 is 1.40 bits per heavy atom. The molecule has 0 spiro atoms. The number of ether oxygens (including phenoxy) is 2. The second-order valence-corrected chi connectivity index (χ2v) is 4.93. The molecular formula is C16H34O4. The molecule has 1 N–H and O–H groups in total. The molecule has 0 aliphatic rings. The monoisotopic (exact) mass is 290 g/mol. The third-order valence-corrected chi connectivity index (χ3v) is 2.83. The maximum Gasteiger partial charge on any atom is 0.334 e. The normalized spacial score (nSPS) is 11.4. The predicted octanol–water partition coefficient (Wildman–Crippen LogP) is 3.70. The second-order valence-electron chi connectivity index (χ2n) is 4.93. The number of carbonyl (C=O) groups is 1. The minimum atomic E-state index is -0.995. The zero-order valence-electron chi connectivity index (χ0n) is 13.8. The molecule has 0 rings (SSSR count). The molecule has 0 fully saturated rings. The molecule has 0 saturated heterocycles. The molecule has 0 aromatic heterocycles. The van der Waals surface area contributed by atoms with Crippen LogP contribution in [0.3, 0.4) is 0 Å². The first-order valence-electron chi connectivity index (χ1n) is 7.93. The van der Waals surface area contributed by atoms with Gasteiger partial charge in [-0.1, -0.05) is 52.4 Å². The van der Waals surface area contributed by atoms with Gasteiger partial charge in [0.25, 0.3) is 0 Å². The molecule has 20 heavy (non-hydrogen) atoms. The quantitative estimate of drug-likeness (QED) is 0.465. The van der Waals surface area contributed by atoms with E-state index >= 15 is 0 Å². The van der Waals surface area contributed by atoms with E-state index in [-0.39, 0.29) is 0 Å². The van der Waals surface area contributed by atoms with Crippen molar-refractivity contribution in [3.05, 3.63) is 0 Å². The first-order valence-corrected chi connectivity index (χ1v) is 7.93. The van der Waals surface area contributed by atoms with Gasteiger partial charge in [-0.25, -0.2) is 4.79 Å². The summed E-state index contributed by atoms with van der Waals surface area (Å²) in [5.41, 5.74) is 0. The van der Waals surface area contributed by atoms with Crippen LogP contribution in [0.25, 0.3) is 0 Å². The van der Waals surface area contributed by atoms with E-state index in [0.717, 1.165) is 13.2 Å². The predicted molar refractivity (Wildman–Crippen MR) is 82.8 cm³/mol. The molecule has 0 aliphatic carbocycles. The summed E-state index contributed by atoms with van der Waals surface area (Å²) in [4.78, 5) is 10.0. The maximum atomic E-state index is 10.0. The number of hydrogen-bond acceptors (Lipinski definition) is 4. The summed E-state index contributed by atoms with van der Waals surface area (Å²) in [5, 5.41) is 8.35. The van der Waals surface area contributed by atoms with Gasteiger partial charge in [0.1, 0.15) is 6.10 Å². The number of hydrogen-bond donors (Lipinski definition) is 1. The highest BCUT2D eigenvalue weighted by atomic mass is 16.5. The lowest BCUT2D eigenvalue weighted by atomic mass is 10.2. The van der Waals surface area contributed by atoms with Crippen LogP contribution in [0.4, 0.5) is 0 Å². The first-order chi connectivity index (χ1) is 9.59. The van der Waals surface area contributed by atoms with Gasteiger partial charge in [0.05, 0.1) is 7.11 Å². The van der Waals surface area contributed by atoms with Crippen molar-refractivity contribution in [2.45, 2.75) is 78.2 Å². The van der Waals surface area contributed by atoms with Gasteiger partial charge in [-0.3, -0.25) is 0 Å². The van der Waals surface area contributed by atoms with Crippen LogP contribution in [0.2, 0.25) is 0 Å². The van der Waals surface area contributed by atoms with Crippen LogP contribution in [0, 0.1) is 0 Å². The Morgan fingerprint density at radius 1 is 0.950 bits per heavy atom. The molecule has 0 bridgehead atoms. The van der Waals surface area contributed by atoms with Gasteiger partial charge in [0, 0.05) is 13.2 Å². The summed E-state index contributed by atoms with van der Waals surface area (Å²) in [5.74, 6) is -0.597. The van der Waals surface area contributed by atoms with E-state index in [2.05, 4.69) is 18.6 Å². The van der Waals surface area contributed by atoms with Crippen molar-refractivity contribution in [3.8, 4) is 0 Å². The fourth-order valence-corrected chi connectivity index (χ4v) is 1.53. The average Bonchev–Trinajstić information content (AvgIpc) is 2.45. The molecule has 0 radical (unpaired) electrons. The second kappa shape index (κ2) is 18.4. The van der Waals surface area contributed by atoms with E-state index in [0.29, 0.717) is 0 Å². The van der Waals surface area contributed by atoms with Gasteiger partial charge < -0.3 is 14.6 Å². The molecular weight excluding hydrogens is 256 g/mol. The minimum Gasteiger partial charge on any atom is -0.467 e. The molecule has 0 amide bonds. The van der Waals surface area contributed by atoms with Crippen LogP contribution < -0.4 is 0 Å². The Kier molecular flexibility index (Phi) is 19.9. The van der Waals surface area contributed by atoms with E-state index < -0.39 is 12.1 Å². The summed E-state index contributed by atoms with van der Waals surface area (Å²) < 4.78 is 9.65. The number of methoxy groups -OCH3 is 1. The fourth-order valence-electron chi connectivity index (χ4n) is 1.53. The van der Waals surface area contributed by atoms with Crippen molar-refractivity contribution < 1.29 is 19.4 Å². The van der Waals surface area contributed by atoms with E-state index in [1.165, 1.54) is 65.4 Å². The maximum absolute atomic E-state index is 10.0. The molecule has 0 aromatic carbocycles. The van der Waals surface area contributed by atoms with E-state index in [1.54, 1.807) is 0 Å². The molecule has 4 nitrogen and oxygen atoms in total. The number of rotatable bonds is 11. The molecule has 1 atom stereocenters. The van der Waals surface area contributed by atoms with Crippen molar-refractivity contribution in [1.29, 1.82) is 0 Å². The molecule has 1 unspecified atom stereocenters. The van der Waals surface area contributed by atoms with Crippen molar-refractivity contribution >= 4 is 5.97 Å². The summed E-state index contributed by atoms with van der Waals surface area (Å²) in [6.45, 7) is 7.79. The standard InChI is InChI=1S/C12H26O.C4H8O3/c1-3-5-7-9-11-13-12-10-8-6-4-2;1-3(5)4(6)7-2/h3-12H2,1-2H3;3,5H,1-2H3. The van der Waals surface area contributed by atoms with Crippen molar-refractivity contribution in [2.24, 2.45) is 0 Å². The fraction of sp³-hybridized carbons (Fsp3) is 0.938. The lowest BCUT2D eigenvalue weighted by molar-refractivity contribution is -0.149. The average molecular weight is 290 g/mol. The first kappa shape index (κ1) is 21.7. The molecule has 0 aliphatic heterocycles. The number of aliphatic hydroxyl groups is 1. The Labute approximate surface area is 124 Å². The third-order valence-electron chi connectivity index (χ3n) is 2.83. The Balaban J connectivity index is 0. The molecule has 122 valence electrons. The summed E-state index contributed by atoms with van der Waals surface area (Å²) in [6, 6.07) is 0. The SMILES string of the molecule is CCCCCCOCCCCCC.COC(=O)C(C)O. The van der Waals surface area contributed by atoms with Crippen LogP contribution in [0.15, 0.2) is 0 Å². The number of esters is 1. The van der Waals surface area contributed by atoms with Crippen molar-refractivity contribution in [1.82, 2.24) is 0 Å². The van der Waals surface area contributed by atoms with Crippen LogP contribution in [-0.4, -0.2) is 37.5 Å². The van der Waals surface area contributed by atoms with E-state index in [1.807, 2.05) is 0 Å². The lowest BCUT2D eigenvalue weighted by Crippen LogP contribution is -2.16. The summed E-state index contributed by atoms with van der Waals surface area (Å²) in [7, 11) is 1.23. The smallest absolute Gasteiger partial charge is 0.334 e. The number of carbonyl (C=O) groups excluding carboxylic acids is 1. The summed E-state index contributed by atoms with van der Waals surface area (Å²) in [6.07, 6.45) is 9.54. The van der Waals surface area contributed by atoms with Gasteiger partial charge in [-0.05, 0) is 19.8 Å². The van der Waals surface area contributed by atoms with Gasteiger partial charge in [0.2, 0.25) is 0 Å². The molecule has 0 heterocycles. The van der Waals surface area contributed by atoms with Gasteiger partial charge in [-0.2, -0.15) is 0 Å². The number of aliphatic hydroxyl groups excluding tert-OH is 1. The van der Waals surface area contributed by atoms with E-state index in [9.17, 15) is 4.79 Å². The van der Waals surface area contributed by atoms with E-state index in [4.69, 9.17) is 9.84 Å². The van der Waals surface area contributed by atoms with Crippen LogP contribution in [-0.2, 0) is 14.3 Å². The topological polar surface area (TPSA) is 55.8 Å². The highest BCUT2D eigenvalue weighted by Crippen LogP contribution is 2.01. The molecule has 0 saturated carbocycles. The highest BCUT2D eigenvalue weighted by Gasteiger charge is 2.05. The third kappa shape index (κ3) is 19.7. The van der Waals surface area contributed by atoms with Crippen molar-refractivity contribution in [2.75, 3.05) is 20.3 Å². The van der Waals surface area contributed by atoms with Crippen LogP contribution >= 0.6 is 0 Å². The largest absolute Gasteiger partial charge is 0.467 e. The molecule has 0 aromatic rings. The highest BCUT2D eigenvalue weighted by molar-refractivity contribution is 5.73. The lowest BCUT2D eigenvalue weighted by Gasteiger charge is -2.03. The number of unbranched alkanes of at least 4 members (excludes halogenated alkanes) is 6. The van der Waals surface area contributed by atoms with Crippen LogP contribution in [0.5, 0.6) is 0 Å². The van der Waals surface area contributed by atoms with Crippen molar-refractivity contribution in [3.63, 3.8) is 0 Å². The zero-order valence-corrected chi connectivity index (χ0v) is 13.8. The Morgan fingerprint density at radius 3 is 1.65 bits per heavy atom. The van der Waals surface area contributed by atoms with Gasteiger partial charge in [0.15, 0.2) is 0 Å².